The molecule has 0 bridgehead atoms. The normalized spacial score (nSPS) is 11.5. The van der Waals surface area contributed by atoms with Crippen LogP contribution in [0.15, 0.2) is 0 Å². The van der Waals surface area contributed by atoms with Crippen LogP contribution in [0.25, 0.3) is 0 Å². The number of hydrogen-bond donors (Lipinski definition) is 0. The fourth-order valence-electron chi connectivity index (χ4n) is 1.16. The van der Waals surface area contributed by atoms with Crippen LogP contribution in [0.3, 0.4) is 0 Å². The first-order chi connectivity index (χ1) is 7.14. The van der Waals surface area contributed by atoms with Crippen LogP contribution in [-0.2, 0) is 22.8 Å². The molecule has 6 heteroatoms. The number of hydrogen-bond acceptors (Lipinski definition) is 5. The number of rotatable bonds is 8. The van der Waals surface area contributed by atoms with Gasteiger partial charge in [0.05, 0.1) is 6.61 Å². The van der Waals surface area contributed by atoms with Gasteiger partial charge in [0.2, 0.25) is 0 Å². The van der Waals surface area contributed by atoms with E-state index in [0.29, 0.717) is 12.7 Å². The summed E-state index contributed by atoms with van der Waals surface area (Å²) in [7, 11) is 0.440. The van der Waals surface area contributed by atoms with Crippen molar-refractivity contribution in [2.45, 2.75) is 26.3 Å². The van der Waals surface area contributed by atoms with Crippen LogP contribution in [0.1, 0.15) is 20.3 Å². The molecule has 0 atom stereocenters. The Morgan fingerprint density at radius 2 is 1.80 bits per heavy atom. The number of esters is 1. The van der Waals surface area contributed by atoms with Crippen molar-refractivity contribution in [3.05, 3.63) is 0 Å². The molecule has 0 saturated heterocycles. The first-order valence-corrected chi connectivity index (χ1v) is 6.97. The molecule has 0 radical (unpaired) electrons. The van der Waals surface area contributed by atoms with E-state index in [1.54, 1.807) is 6.92 Å². The Balaban J connectivity index is 4.10. The van der Waals surface area contributed by atoms with E-state index in [0.717, 1.165) is 6.42 Å². The molecule has 0 amide bonds. The maximum Gasteiger partial charge on any atom is 0.500 e. The van der Waals surface area contributed by atoms with Crippen molar-refractivity contribution in [1.29, 1.82) is 0 Å². The third-order valence-electron chi connectivity index (χ3n) is 1.89. The van der Waals surface area contributed by atoms with Gasteiger partial charge < -0.3 is 18.0 Å². The third kappa shape index (κ3) is 5.27. The summed E-state index contributed by atoms with van der Waals surface area (Å²) in [5.74, 6) is -0.389. The van der Waals surface area contributed by atoms with Gasteiger partial charge in [0.25, 0.3) is 0 Å². The Bertz CT molecular complexity index is 181. The fraction of sp³-hybridized carbons (Fsp3) is 0.889. The maximum atomic E-state index is 11.1. The number of carbonyl (C=O) groups is 1. The van der Waals surface area contributed by atoms with Crippen molar-refractivity contribution in [2.24, 2.45) is 0 Å². The Morgan fingerprint density at radius 1 is 1.20 bits per heavy atom. The zero-order chi connectivity index (χ0) is 11.7. The molecule has 0 aromatic carbocycles. The van der Waals surface area contributed by atoms with Gasteiger partial charge in [-0.2, -0.15) is 0 Å². The maximum absolute atomic E-state index is 11.1. The summed E-state index contributed by atoms with van der Waals surface area (Å²) in [5, 5.41) is 0. The van der Waals surface area contributed by atoms with E-state index in [-0.39, 0.29) is 12.6 Å². The third-order valence-corrected chi connectivity index (χ3v) is 4.83. The van der Waals surface area contributed by atoms with Crippen molar-refractivity contribution in [2.75, 3.05) is 27.4 Å². The minimum Gasteiger partial charge on any atom is -0.464 e. The first kappa shape index (κ1) is 14.6. The summed E-state index contributed by atoms with van der Waals surface area (Å²) in [6.45, 7) is 4.00. The predicted molar refractivity (Wildman–Crippen MR) is 57.5 cm³/mol. The van der Waals surface area contributed by atoms with Gasteiger partial charge in [-0.15, -0.1) is 0 Å². The largest absolute Gasteiger partial charge is 0.500 e. The van der Waals surface area contributed by atoms with Gasteiger partial charge in [-0.1, -0.05) is 13.3 Å². The molecule has 0 aromatic heterocycles. The van der Waals surface area contributed by atoms with E-state index >= 15 is 0 Å². The molecule has 0 N–H and O–H groups in total. The molecular formula is C9H20O5Si. The molecule has 0 rings (SSSR count). The second-order valence-electron chi connectivity index (χ2n) is 2.93. The van der Waals surface area contributed by atoms with Gasteiger partial charge in [0.1, 0.15) is 6.61 Å². The average Bonchev–Trinajstić information content (AvgIpc) is 2.25. The lowest BCUT2D eigenvalue weighted by Crippen LogP contribution is -2.45. The van der Waals surface area contributed by atoms with Crippen molar-refractivity contribution in [3.63, 3.8) is 0 Å². The van der Waals surface area contributed by atoms with Crippen LogP contribution < -0.4 is 0 Å². The molecule has 0 unspecified atom stereocenters. The highest BCUT2D eigenvalue weighted by Crippen LogP contribution is 2.15. The fourth-order valence-corrected chi connectivity index (χ4v) is 3.06. The average molecular weight is 236 g/mol. The second-order valence-corrected chi connectivity index (χ2v) is 5.91. The van der Waals surface area contributed by atoms with Gasteiger partial charge >= 0.3 is 14.8 Å². The minimum atomic E-state index is -2.64. The summed E-state index contributed by atoms with van der Waals surface area (Å²) in [4.78, 5) is 11.1. The van der Waals surface area contributed by atoms with Crippen molar-refractivity contribution >= 4 is 14.8 Å². The zero-order valence-electron chi connectivity index (χ0n) is 9.87. The molecule has 0 fully saturated rings. The first-order valence-electron chi connectivity index (χ1n) is 5.04. The molecule has 0 aliphatic rings. The summed E-state index contributed by atoms with van der Waals surface area (Å²) in [6, 6.07) is 0.694. The van der Waals surface area contributed by atoms with Crippen LogP contribution in [0.5, 0.6) is 0 Å². The summed E-state index contributed by atoms with van der Waals surface area (Å²) < 4.78 is 20.6. The molecule has 15 heavy (non-hydrogen) atoms. The topological polar surface area (TPSA) is 54.0 Å². The van der Waals surface area contributed by atoms with E-state index in [1.807, 2.05) is 6.92 Å². The van der Waals surface area contributed by atoms with E-state index in [1.165, 1.54) is 14.2 Å². The second kappa shape index (κ2) is 7.81. The zero-order valence-corrected chi connectivity index (χ0v) is 10.9. The van der Waals surface area contributed by atoms with Gasteiger partial charge in [0.15, 0.2) is 0 Å². The minimum absolute atomic E-state index is 0.109. The quantitative estimate of drug-likeness (QED) is 0.468. The predicted octanol–water partition coefficient (Wildman–Crippen LogP) is 1.21. The van der Waals surface area contributed by atoms with Crippen molar-refractivity contribution in [1.82, 2.24) is 0 Å². The number of carbonyl (C=O) groups excluding carboxylic acids is 1. The molecule has 5 nitrogen and oxygen atoms in total. The molecule has 0 saturated carbocycles. The highest BCUT2D eigenvalue weighted by molar-refractivity contribution is 6.60. The molecule has 90 valence electrons. The standard InChI is InChI=1S/C9H20O5Si/c1-5-7-15(11-3,12-4)14-8-9(10)13-6-2/h5-8H2,1-4H3. The summed E-state index contributed by atoms with van der Waals surface area (Å²) in [6.07, 6.45) is 0.886. The van der Waals surface area contributed by atoms with Gasteiger partial charge in [-0.05, 0) is 6.92 Å². The van der Waals surface area contributed by atoms with Crippen LogP contribution >= 0.6 is 0 Å². The summed E-state index contributed by atoms with van der Waals surface area (Å²) in [5.41, 5.74) is 0. The van der Waals surface area contributed by atoms with Gasteiger partial charge in [0, 0.05) is 20.3 Å². The smallest absolute Gasteiger partial charge is 0.464 e. The Morgan fingerprint density at radius 3 is 2.20 bits per heavy atom. The van der Waals surface area contributed by atoms with Crippen molar-refractivity contribution in [3.8, 4) is 0 Å². The van der Waals surface area contributed by atoms with Crippen molar-refractivity contribution < 1.29 is 22.8 Å². The molecular weight excluding hydrogens is 216 g/mol. The summed E-state index contributed by atoms with van der Waals surface area (Å²) >= 11 is 0. The Kier molecular flexibility index (Phi) is 7.58. The molecule has 0 aliphatic heterocycles. The monoisotopic (exact) mass is 236 g/mol. The highest BCUT2D eigenvalue weighted by Gasteiger charge is 2.38. The van der Waals surface area contributed by atoms with Crippen LogP contribution in [-0.4, -0.2) is 42.2 Å². The number of ether oxygens (including phenoxy) is 1. The van der Waals surface area contributed by atoms with Crippen LogP contribution in [0.4, 0.5) is 0 Å². The van der Waals surface area contributed by atoms with Crippen LogP contribution in [0, 0.1) is 0 Å². The lowest BCUT2D eigenvalue weighted by atomic mass is 10.6. The highest BCUT2D eigenvalue weighted by atomic mass is 28.4. The molecule has 0 heterocycles. The van der Waals surface area contributed by atoms with E-state index in [4.69, 9.17) is 18.0 Å². The Labute approximate surface area is 92.0 Å². The van der Waals surface area contributed by atoms with Gasteiger partial charge in [-0.3, -0.25) is 0 Å². The molecule has 0 aliphatic carbocycles. The van der Waals surface area contributed by atoms with Crippen LogP contribution in [0.2, 0.25) is 6.04 Å². The lowest BCUT2D eigenvalue weighted by Gasteiger charge is -2.25. The molecule has 0 spiro atoms. The lowest BCUT2D eigenvalue weighted by molar-refractivity contribution is -0.146. The molecule has 0 aromatic rings. The van der Waals surface area contributed by atoms with E-state index < -0.39 is 8.80 Å². The SMILES string of the molecule is CCC[Si](OC)(OC)OCC(=O)OCC. The van der Waals surface area contributed by atoms with Gasteiger partial charge in [-0.25, -0.2) is 4.79 Å². The van der Waals surface area contributed by atoms with E-state index in [2.05, 4.69) is 0 Å². The van der Waals surface area contributed by atoms with E-state index in [9.17, 15) is 4.79 Å². The Hall–Kier alpha value is -0.433.